The zero-order valence-electron chi connectivity index (χ0n) is 12.9. The molecule has 0 saturated carbocycles. The fourth-order valence-corrected chi connectivity index (χ4v) is 3.95. The molecule has 1 unspecified atom stereocenters. The number of rotatable bonds is 6. The van der Waals surface area contributed by atoms with Crippen molar-refractivity contribution < 1.29 is 22.7 Å². The van der Waals surface area contributed by atoms with Crippen molar-refractivity contribution in [2.24, 2.45) is 0 Å². The molecule has 1 fully saturated rings. The maximum absolute atomic E-state index is 11.7. The van der Waals surface area contributed by atoms with E-state index in [0.29, 0.717) is 12.2 Å². The van der Waals surface area contributed by atoms with Gasteiger partial charge in [0, 0.05) is 6.04 Å². The van der Waals surface area contributed by atoms with Crippen molar-refractivity contribution in [2.45, 2.75) is 19.4 Å². The molecule has 0 aliphatic carbocycles. The maximum Gasteiger partial charge on any atom is 0.258 e. The van der Waals surface area contributed by atoms with E-state index in [2.05, 4.69) is 10.6 Å². The number of benzene rings is 1. The second-order valence-electron chi connectivity index (χ2n) is 5.50. The molecule has 0 bridgehead atoms. The molecule has 1 aliphatic heterocycles. The Kier molecular flexibility index (Phi) is 5.59. The minimum absolute atomic E-state index is 0.0386. The third kappa shape index (κ3) is 5.55. The van der Waals surface area contributed by atoms with Crippen molar-refractivity contribution >= 4 is 21.7 Å². The molecule has 23 heavy (non-hydrogen) atoms. The molecule has 8 heteroatoms. The number of para-hydroxylation sites is 1. The Bertz CT molecular complexity index is 687. The number of hydrogen-bond acceptors (Lipinski definition) is 5. The van der Waals surface area contributed by atoms with Crippen LogP contribution in [-0.4, -0.2) is 50.9 Å². The molecule has 2 amide bonds. The molecule has 126 valence electrons. The number of carbonyl (C=O) groups excluding carboxylic acids is 2. The molecule has 0 radical (unpaired) electrons. The van der Waals surface area contributed by atoms with Gasteiger partial charge >= 0.3 is 0 Å². The van der Waals surface area contributed by atoms with Crippen molar-refractivity contribution in [2.75, 3.05) is 24.7 Å². The molecule has 1 heterocycles. The van der Waals surface area contributed by atoms with E-state index in [1.165, 1.54) is 0 Å². The fraction of sp³-hybridized carbons (Fsp3) is 0.467. The third-order valence-corrected chi connectivity index (χ3v) is 5.26. The Morgan fingerprint density at radius 3 is 2.65 bits per heavy atom. The summed E-state index contributed by atoms with van der Waals surface area (Å²) in [5.41, 5.74) is 0.917. The van der Waals surface area contributed by atoms with E-state index in [1.54, 1.807) is 6.07 Å². The van der Waals surface area contributed by atoms with Gasteiger partial charge in [0.2, 0.25) is 5.91 Å². The zero-order chi connectivity index (χ0) is 16.9. The highest BCUT2D eigenvalue weighted by Gasteiger charge is 2.28. The molecule has 2 rings (SSSR count). The summed E-state index contributed by atoms with van der Waals surface area (Å²) >= 11 is 0. The first kappa shape index (κ1) is 17.3. The summed E-state index contributed by atoms with van der Waals surface area (Å²) in [4.78, 5) is 23.3. The van der Waals surface area contributed by atoms with E-state index in [9.17, 15) is 18.0 Å². The molecule has 7 nitrogen and oxygen atoms in total. The molecule has 1 saturated heterocycles. The van der Waals surface area contributed by atoms with Gasteiger partial charge in [-0.15, -0.1) is 0 Å². The number of hydrogen-bond donors (Lipinski definition) is 2. The predicted octanol–water partition coefficient (Wildman–Crippen LogP) is -0.207. The highest BCUT2D eigenvalue weighted by molar-refractivity contribution is 7.91. The second-order valence-corrected chi connectivity index (χ2v) is 7.73. The van der Waals surface area contributed by atoms with Crippen LogP contribution in [0, 0.1) is 6.92 Å². The highest BCUT2D eigenvalue weighted by Crippen LogP contribution is 2.15. The Morgan fingerprint density at radius 1 is 1.26 bits per heavy atom. The summed E-state index contributed by atoms with van der Waals surface area (Å²) in [6.07, 6.45) is 0.415. The molecule has 2 N–H and O–H groups in total. The first-order valence-corrected chi connectivity index (χ1v) is 9.13. The maximum atomic E-state index is 11.7. The number of amides is 2. The minimum Gasteiger partial charge on any atom is -0.484 e. The summed E-state index contributed by atoms with van der Waals surface area (Å²) in [6, 6.07) is 6.94. The Morgan fingerprint density at radius 2 is 2.00 bits per heavy atom. The summed E-state index contributed by atoms with van der Waals surface area (Å²) in [6.45, 7) is 1.48. The van der Waals surface area contributed by atoms with Crippen LogP contribution in [0.25, 0.3) is 0 Å². The minimum atomic E-state index is -3.04. The van der Waals surface area contributed by atoms with Crippen LogP contribution in [0.5, 0.6) is 5.75 Å². The van der Waals surface area contributed by atoms with E-state index in [1.807, 2.05) is 25.1 Å². The van der Waals surface area contributed by atoms with Crippen molar-refractivity contribution in [3.63, 3.8) is 0 Å². The van der Waals surface area contributed by atoms with Crippen LogP contribution in [0.4, 0.5) is 0 Å². The van der Waals surface area contributed by atoms with Gasteiger partial charge < -0.3 is 15.4 Å². The molecule has 0 spiro atoms. The Balaban J connectivity index is 1.68. The summed E-state index contributed by atoms with van der Waals surface area (Å²) in [7, 11) is -3.04. The molecule has 0 aromatic heterocycles. The third-order valence-electron chi connectivity index (χ3n) is 3.50. The van der Waals surface area contributed by atoms with Crippen LogP contribution >= 0.6 is 0 Å². The largest absolute Gasteiger partial charge is 0.484 e. The number of carbonyl (C=O) groups is 2. The van der Waals surface area contributed by atoms with Crippen LogP contribution < -0.4 is 15.4 Å². The van der Waals surface area contributed by atoms with E-state index in [-0.39, 0.29) is 30.7 Å². The average Bonchev–Trinajstić information content (AvgIpc) is 2.83. The molecule has 1 aliphatic rings. The van der Waals surface area contributed by atoms with Gasteiger partial charge in [-0.3, -0.25) is 9.59 Å². The molecule has 1 aromatic carbocycles. The smallest absolute Gasteiger partial charge is 0.258 e. The first-order valence-electron chi connectivity index (χ1n) is 7.30. The quantitative estimate of drug-likeness (QED) is 0.746. The number of sulfone groups is 1. The van der Waals surface area contributed by atoms with Crippen molar-refractivity contribution in [1.29, 1.82) is 0 Å². The van der Waals surface area contributed by atoms with E-state index in [0.717, 1.165) is 5.56 Å². The van der Waals surface area contributed by atoms with Gasteiger partial charge in [0.25, 0.3) is 5.91 Å². The van der Waals surface area contributed by atoms with E-state index >= 15 is 0 Å². The van der Waals surface area contributed by atoms with Gasteiger partial charge in [0.05, 0.1) is 18.1 Å². The van der Waals surface area contributed by atoms with Gasteiger partial charge in [0.15, 0.2) is 16.4 Å². The fourth-order valence-electron chi connectivity index (χ4n) is 2.28. The summed E-state index contributed by atoms with van der Waals surface area (Å²) in [5, 5.41) is 5.04. The number of ether oxygens (including phenoxy) is 1. The lowest BCUT2D eigenvalue weighted by Gasteiger charge is -2.12. The highest BCUT2D eigenvalue weighted by atomic mass is 32.2. The SMILES string of the molecule is Cc1ccccc1OCC(=O)NCC(=O)NC1CCS(=O)(=O)C1. The lowest BCUT2D eigenvalue weighted by molar-refractivity contribution is -0.127. The number of nitrogens with one attached hydrogen (secondary N) is 2. The standard InChI is InChI=1S/C15H20N2O5S/c1-11-4-2-3-5-13(11)22-9-15(19)16-8-14(18)17-12-6-7-23(20,21)10-12/h2-5,12H,6-10H2,1H3,(H,16,19)(H,17,18). The van der Waals surface area contributed by atoms with Crippen molar-refractivity contribution in [3.05, 3.63) is 29.8 Å². The van der Waals surface area contributed by atoms with Crippen molar-refractivity contribution in [3.8, 4) is 5.75 Å². The molecule has 1 atom stereocenters. The van der Waals surface area contributed by atoms with Crippen LogP contribution in [0.3, 0.4) is 0 Å². The average molecular weight is 340 g/mol. The lowest BCUT2D eigenvalue weighted by atomic mass is 10.2. The van der Waals surface area contributed by atoms with E-state index < -0.39 is 21.7 Å². The number of aryl methyl sites for hydroxylation is 1. The van der Waals surface area contributed by atoms with Gasteiger partial charge in [-0.2, -0.15) is 0 Å². The van der Waals surface area contributed by atoms with Crippen LogP contribution in [0.1, 0.15) is 12.0 Å². The topological polar surface area (TPSA) is 102 Å². The van der Waals surface area contributed by atoms with Gasteiger partial charge in [-0.25, -0.2) is 8.42 Å². The monoisotopic (exact) mass is 340 g/mol. The van der Waals surface area contributed by atoms with E-state index in [4.69, 9.17) is 4.74 Å². The molecular formula is C15H20N2O5S. The summed E-state index contributed by atoms with van der Waals surface area (Å²) in [5.74, 6) is -0.153. The Labute approximate surface area is 135 Å². The van der Waals surface area contributed by atoms with Crippen molar-refractivity contribution in [1.82, 2.24) is 10.6 Å². The van der Waals surface area contributed by atoms with Gasteiger partial charge in [-0.1, -0.05) is 18.2 Å². The normalized spacial score (nSPS) is 19.1. The molecule has 1 aromatic rings. The summed E-state index contributed by atoms with van der Waals surface area (Å²) < 4.78 is 28.0. The van der Waals surface area contributed by atoms with Crippen LogP contribution in [0.15, 0.2) is 24.3 Å². The second kappa shape index (κ2) is 7.45. The lowest BCUT2D eigenvalue weighted by Crippen LogP contribution is -2.43. The van der Waals surface area contributed by atoms with Gasteiger partial charge in [-0.05, 0) is 25.0 Å². The predicted molar refractivity (Wildman–Crippen MR) is 84.9 cm³/mol. The van der Waals surface area contributed by atoms with Crippen LogP contribution in [0.2, 0.25) is 0 Å². The van der Waals surface area contributed by atoms with Crippen LogP contribution in [-0.2, 0) is 19.4 Å². The molecular weight excluding hydrogens is 320 g/mol. The Hall–Kier alpha value is -2.09. The first-order chi connectivity index (χ1) is 10.9. The van der Waals surface area contributed by atoms with Gasteiger partial charge in [0.1, 0.15) is 5.75 Å². The zero-order valence-corrected chi connectivity index (χ0v) is 13.7.